The largest absolute Gasteiger partial charge is 0.481 e. The molecule has 0 aliphatic carbocycles. The predicted molar refractivity (Wildman–Crippen MR) is 140 cm³/mol. The second-order valence-corrected chi connectivity index (χ2v) is 12.3. The molecule has 2 rings (SSSR count). The minimum Gasteiger partial charge on any atom is -0.481 e. The molecule has 0 bridgehead atoms. The first-order valence-corrected chi connectivity index (χ1v) is 13.5. The Bertz CT molecular complexity index is 911. The standard InChI is InChI=1S/C27H44N2O5S/c1-16(24(32)18(3)25(33)26(5,6)12-10-23(30)31)9-8-11-27(7)22(34-27)14-21(28)17(2)13-20-15-35-19(4)29-20/h13,15-16,18,21-22,24,32H,8-12,14,28H2,1-7H3,(H,30,31)/b17-13+/t16-,18?,21-,22-,24-,27+/m0/s1. The average molecular weight is 509 g/mol. The number of thiazole rings is 1. The molecule has 1 aliphatic rings. The highest BCUT2D eigenvalue weighted by Crippen LogP contribution is 2.44. The Balaban J connectivity index is 1.78. The van der Waals surface area contributed by atoms with Crippen molar-refractivity contribution in [2.75, 3.05) is 0 Å². The van der Waals surface area contributed by atoms with E-state index in [1.54, 1.807) is 32.1 Å². The average Bonchev–Trinajstić information content (AvgIpc) is 3.22. The van der Waals surface area contributed by atoms with Crippen molar-refractivity contribution < 1.29 is 24.5 Å². The third kappa shape index (κ3) is 8.48. The number of aryl methyl sites for hydroxylation is 1. The first-order valence-electron chi connectivity index (χ1n) is 12.6. The van der Waals surface area contributed by atoms with Gasteiger partial charge in [0.25, 0.3) is 0 Å². The van der Waals surface area contributed by atoms with Crippen LogP contribution in [0.5, 0.6) is 0 Å². The molecule has 8 heteroatoms. The van der Waals surface area contributed by atoms with Crippen molar-refractivity contribution in [3.05, 3.63) is 21.7 Å². The number of aromatic nitrogens is 1. The molecule has 7 nitrogen and oxygen atoms in total. The van der Waals surface area contributed by atoms with Gasteiger partial charge in [-0.2, -0.15) is 0 Å². The van der Waals surface area contributed by atoms with Crippen molar-refractivity contribution in [2.45, 2.75) is 111 Å². The molecule has 35 heavy (non-hydrogen) atoms. The van der Waals surface area contributed by atoms with Crippen LogP contribution in [0.1, 0.15) is 90.8 Å². The van der Waals surface area contributed by atoms with Gasteiger partial charge in [-0.1, -0.05) is 39.7 Å². The van der Waals surface area contributed by atoms with Gasteiger partial charge in [0.1, 0.15) is 5.78 Å². The van der Waals surface area contributed by atoms with Gasteiger partial charge in [-0.25, -0.2) is 4.98 Å². The molecule has 0 aromatic carbocycles. The van der Waals surface area contributed by atoms with Crippen LogP contribution in [-0.4, -0.2) is 50.8 Å². The molecule has 0 radical (unpaired) electrons. The number of aliphatic hydroxyl groups excluding tert-OH is 1. The lowest BCUT2D eigenvalue weighted by Gasteiger charge is -2.31. The maximum atomic E-state index is 12.9. The molecule has 0 spiro atoms. The maximum Gasteiger partial charge on any atom is 0.303 e. The number of hydrogen-bond donors (Lipinski definition) is 3. The van der Waals surface area contributed by atoms with Gasteiger partial charge in [0, 0.05) is 29.2 Å². The van der Waals surface area contributed by atoms with E-state index < -0.39 is 23.4 Å². The summed E-state index contributed by atoms with van der Waals surface area (Å²) in [5.41, 5.74) is 7.49. The number of ether oxygens (including phenoxy) is 1. The number of epoxide rings is 1. The zero-order chi connectivity index (χ0) is 26.6. The van der Waals surface area contributed by atoms with Gasteiger partial charge in [-0.3, -0.25) is 9.59 Å². The van der Waals surface area contributed by atoms with E-state index in [1.165, 1.54) is 0 Å². The van der Waals surface area contributed by atoms with Crippen molar-refractivity contribution in [3.8, 4) is 0 Å². The van der Waals surface area contributed by atoms with Crippen LogP contribution in [0, 0.1) is 24.2 Å². The summed E-state index contributed by atoms with van der Waals surface area (Å²) in [6.45, 7) is 13.4. The van der Waals surface area contributed by atoms with Crippen LogP contribution in [0.2, 0.25) is 0 Å². The number of ketones is 1. The molecule has 198 valence electrons. The molecule has 6 atom stereocenters. The first-order chi connectivity index (χ1) is 16.2. The molecule has 0 amide bonds. The molecular weight excluding hydrogens is 464 g/mol. The zero-order valence-electron chi connectivity index (χ0n) is 22.3. The Morgan fingerprint density at radius 1 is 1.37 bits per heavy atom. The number of rotatable bonds is 15. The number of carbonyl (C=O) groups is 2. The molecule has 0 saturated carbocycles. The second kappa shape index (κ2) is 12.1. The highest BCUT2D eigenvalue weighted by Gasteiger charge is 2.51. The smallest absolute Gasteiger partial charge is 0.303 e. The number of aliphatic carboxylic acids is 1. The summed E-state index contributed by atoms with van der Waals surface area (Å²) in [5.74, 6) is -1.58. The normalized spacial score (nSPS) is 24.0. The fraction of sp³-hybridized carbons (Fsp3) is 0.741. The third-order valence-electron chi connectivity index (χ3n) is 7.57. The Kier molecular flexibility index (Phi) is 10.2. The topological polar surface area (TPSA) is 126 Å². The third-order valence-corrected chi connectivity index (χ3v) is 8.36. The molecular formula is C27H44N2O5S. The number of nitrogens with zero attached hydrogens (tertiary/aromatic N) is 1. The van der Waals surface area contributed by atoms with Crippen LogP contribution in [0.15, 0.2) is 11.0 Å². The number of nitrogens with two attached hydrogens (primary N) is 1. The van der Waals surface area contributed by atoms with E-state index in [0.29, 0.717) is 0 Å². The van der Waals surface area contributed by atoms with E-state index in [2.05, 4.69) is 11.9 Å². The Morgan fingerprint density at radius 2 is 2.03 bits per heavy atom. The number of carbonyl (C=O) groups excluding carboxylic acids is 1. The first kappa shape index (κ1) is 29.6. The van der Waals surface area contributed by atoms with Gasteiger partial charge in [-0.15, -0.1) is 11.3 Å². The molecule has 4 N–H and O–H groups in total. The molecule has 1 unspecified atom stereocenters. The molecule has 2 heterocycles. The van der Waals surface area contributed by atoms with Crippen LogP contribution in [0.3, 0.4) is 0 Å². The number of carboxylic acids is 1. The van der Waals surface area contributed by atoms with Crippen molar-refractivity contribution in [2.24, 2.45) is 23.0 Å². The zero-order valence-corrected chi connectivity index (χ0v) is 23.2. The van der Waals surface area contributed by atoms with Crippen LogP contribution < -0.4 is 5.73 Å². The maximum absolute atomic E-state index is 12.9. The lowest BCUT2D eigenvalue weighted by atomic mass is 9.74. The summed E-state index contributed by atoms with van der Waals surface area (Å²) in [6.07, 6.45) is 4.93. The van der Waals surface area contributed by atoms with Gasteiger partial charge in [0.05, 0.1) is 28.5 Å². The van der Waals surface area contributed by atoms with E-state index in [-0.39, 0.29) is 42.3 Å². The second-order valence-electron chi connectivity index (χ2n) is 11.2. The SMILES string of the molecule is C/C(=C\c1csc(C)n1)[C@@H](N)C[C@@H]1O[C@]1(C)CCC[C@H](C)[C@H](O)C(C)C(=O)C(C)(C)CCC(=O)O. The predicted octanol–water partition coefficient (Wildman–Crippen LogP) is 4.99. The minimum absolute atomic E-state index is 0.0426. The molecule has 1 fully saturated rings. The van der Waals surface area contributed by atoms with Crippen LogP contribution in [0.25, 0.3) is 6.08 Å². The van der Waals surface area contributed by atoms with Gasteiger partial charge >= 0.3 is 5.97 Å². The molecule has 1 aromatic heterocycles. The summed E-state index contributed by atoms with van der Waals surface area (Å²) in [6, 6.07) is -0.0825. The van der Waals surface area contributed by atoms with Gasteiger partial charge in [0.15, 0.2) is 0 Å². The Hall–Kier alpha value is -1.61. The van der Waals surface area contributed by atoms with Crippen molar-refractivity contribution in [1.82, 2.24) is 4.98 Å². The van der Waals surface area contributed by atoms with Gasteiger partial charge in [0.2, 0.25) is 0 Å². The molecule has 1 saturated heterocycles. The summed E-state index contributed by atoms with van der Waals surface area (Å²) < 4.78 is 6.01. The highest BCUT2D eigenvalue weighted by atomic mass is 32.1. The Labute approximate surface area is 214 Å². The van der Waals surface area contributed by atoms with E-state index in [0.717, 1.165) is 42.0 Å². The minimum atomic E-state index is -0.914. The summed E-state index contributed by atoms with van der Waals surface area (Å²) >= 11 is 1.63. The van der Waals surface area contributed by atoms with Gasteiger partial charge in [-0.05, 0) is 58.4 Å². The van der Waals surface area contributed by atoms with Crippen molar-refractivity contribution in [3.63, 3.8) is 0 Å². The van der Waals surface area contributed by atoms with E-state index in [1.807, 2.05) is 32.2 Å². The highest BCUT2D eigenvalue weighted by molar-refractivity contribution is 7.09. The lowest BCUT2D eigenvalue weighted by molar-refractivity contribution is -0.139. The van der Waals surface area contributed by atoms with Crippen LogP contribution >= 0.6 is 11.3 Å². The molecule has 1 aromatic rings. The van der Waals surface area contributed by atoms with E-state index >= 15 is 0 Å². The summed E-state index contributed by atoms with van der Waals surface area (Å²) in [4.78, 5) is 28.3. The van der Waals surface area contributed by atoms with Crippen LogP contribution in [0.4, 0.5) is 0 Å². The van der Waals surface area contributed by atoms with E-state index in [9.17, 15) is 14.7 Å². The summed E-state index contributed by atoms with van der Waals surface area (Å²) in [5, 5.41) is 22.8. The summed E-state index contributed by atoms with van der Waals surface area (Å²) in [7, 11) is 0. The van der Waals surface area contributed by atoms with Crippen molar-refractivity contribution >= 4 is 29.2 Å². The van der Waals surface area contributed by atoms with E-state index in [4.69, 9.17) is 15.6 Å². The van der Waals surface area contributed by atoms with Crippen LogP contribution in [-0.2, 0) is 14.3 Å². The number of aliphatic hydroxyl groups is 1. The molecule has 1 aliphatic heterocycles. The van der Waals surface area contributed by atoms with Crippen molar-refractivity contribution in [1.29, 1.82) is 0 Å². The number of carboxylic acid groups (broad SMARTS) is 1. The Morgan fingerprint density at radius 3 is 2.60 bits per heavy atom. The fourth-order valence-electron chi connectivity index (χ4n) is 4.76. The monoisotopic (exact) mass is 508 g/mol. The quantitative estimate of drug-likeness (QED) is 0.285. The fourth-order valence-corrected chi connectivity index (χ4v) is 5.33. The number of Topliss-reactive ketones (excluding diaryl/α,β-unsaturated/α-hetero) is 1. The lowest BCUT2D eigenvalue weighted by Crippen LogP contribution is -2.39. The number of hydrogen-bond acceptors (Lipinski definition) is 7. The van der Waals surface area contributed by atoms with Gasteiger partial charge < -0.3 is 20.7 Å².